The van der Waals surface area contributed by atoms with Gasteiger partial charge in [0.05, 0.1) is 23.6 Å². The molecule has 19 heavy (non-hydrogen) atoms. The third kappa shape index (κ3) is 2.00. The molecule has 0 saturated carbocycles. The maximum Gasteiger partial charge on any atom is 0.274 e. The Kier molecular flexibility index (Phi) is 2.97. The number of morpholine rings is 1. The van der Waals surface area contributed by atoms with Crippen molar-refractivity contribution in [3.63, 3.8) is 0 Å². The highest BCUT2D eigenvalue weighted by Gasteiger charge is 2.37. The lowest BCUT2D eigenvalue weighted by Gasteiger charge is -2.32. The first-order chi connectivity index (χ1) is 9.10. The largest absolute Gasteiger partial charge is 0.395 e. The zero-order valence-electron chi connectivity index (χ0n) is 11.4. The summed E-state index contributed by atoms with van der Waals surface area (Å²) < 4.78 is 7.36. The molecule has 0 radical (unpaired) electrons. The number of nitrogens with zero attached hydrogens (tertiary/aromatic N) is 3. The molecule has 6 heteroatoms. The normalized spacial score (nSPS) is 25.9. The van der Waals surface area contributed by atoms with Gasteiger partial charge in [-0.2, -0.15) is 5.10 Å². The maximum absolute atomic E-state index is 12.6. The van der Waals surface area contributed by atoms with Crippen molar-refractivity contribution in [2.45, 2.75) is 38.4 Å². The molecule has 3 heterocycles. The van der Waals surface area contributed by atoms with Crippen LogP contribution in [0.25, 0.3) is 0 Å². The van der Waals surface area contributed by atoms with Crippen molar-refractivity contribution in [3.05, 3.63) is 11.4 Å². The van der Waals surface area contributed by atoms with E-state index in [9.17, 15) is 4.79 Å². The minimum absolute atomic E-state index is 0.0209. The van der Waals surface area contributed by atoms with Gasteiger partial charge in [0.25, 0.3) is 5.91 Å². The zero-order chi connectivity index (χ0) is 13.6. The summed E-state index contributed by atoms with van der Waals surface area (Å²) >= 11 is 0. The van der Waals surface area contributed by atoms with Crippen LogP contribution in [-0.2, 0) is 18.2 Å². The number of anilines is 1. The molecular weight excluding hydrogens is 244 g/mol. The number of aryl methyl sites for hydroxylation is 2. The number of hydrogen-bond donors (Lipinski definition) is 1. The van der Waals surface area contributed by atoms with Crippen LogP contribution in [0.15, 0.2) is 0 Å². The topological polar surface area (TPSA) is 73.4 Å². The van der Waals surface area contributed by atoms with Gasteiger partial charge in [0.15, 0.2) is 0 Å². The smallest absolute Gasteiger partial charge is 0.274 e. The highest BCUT2D eigenvalue weighted by molar-refractivity contribution is 5.98. The first kappa shape index (κ1) is 12.5. The Labute approximate surface area is 112 Å². The Morgan fingerprint density at radius 3 is 2.58 bits per heavy atom. The standard InChI is InChI=1S/C13H20N4O2/c1-3-10-11(14)12(16(2)15-10)13(18)17-6-8-4-5-9(7-17)19-8/h8-9H,3-7,14H2,1-2H3. The Morgan fingerprint density at radius 1 is 1.42 bits per heavy atom. The van der Waals surface area contributed by atoms with Crippen LogP contribution < -0.4 is 5.73 Å². The molecule has 2 bridgehead atoms. The average Bonchev–Trinajstić information content (AvgIpc) is 2.88. The Bertz CT molecular complexity index is 499. The number of hydrogen-bond acceptors (Lipinski definition) is 4. The first-order valence-corrected chi connectivity index (χ1v) is 6.86. The molecule has 1 aromatic heterocycles. The number of nitrogen functional groups attached to an aromatic ring is 1. The summed E-state index contributed by atoms with van der Waals surface area (Å²) in [7, 11) is 1.78. The van der Waals surface area contributed by atoms with Gasteiger partial charge >= 0.3 is 0 Å². The van der Waals surface area contributed by atoms with Crippen molar-refractivity contribution >= 4 is 11.6 Å². The van der Waals surface area contributed by atoms with Gasteiger partial charge in [-0.1, -0.05) is 6.92 Å². The van der Waals surface area contributed by atoms with E-state index in [-0.39, 0.29) is 18.1 Å². The number of amides is 1. The molecular formula is C13H20N4O2. The molecule has 2 aliphatic rings. The fraction of sp³-hybridized carbons (Fsp3) is 0.692. The molecule has 0 aliphatic carbocycles. The number of likely N-dealkylation sites (tertiary alicyclic amines) is 1. The van der Waals surface area contributed by atoms with E-state index in [0.29, 0.717) is 24.5 Å². The van der Waals surface area contributed by atoms with Crippen molar-refractivity contribution in [2.24, 2.45) is 7.05 Å². The van der Waals surface area contributed by atoms with Crippen LogP contribution in [0.2, 0.25) is 0 Å². The third-order valence-electron chi connectivity index (χ3n) is 4.03. The minimum Gasteiger partial charge on any atom is -0.395 e. The number of ether oxygens (including phenoxy) is 1. The summed E-state index contributed by atoms with van der Waals surface area (Å²) in [4.78, 5) is 14.5. The second-order valence-corrected chi connectivity index (χ2v) is 5.35. The molecule has 3 rings (SSSR count). The Morgan fingerprint density at radius 2 is 2.05 bits per heavy atom. The third-order valence-corrected chi connectivity index (χ3v) is 4.03. The number of carbonyl (C=O) groups is 1. The van der Waals surface area contributed by atoms with Gasteiger partial charge in [-0.3, -0.25) is 9.48 Å². The minimum atomic E-state index is -0.0209. The van der Waals surface area contributed by atoms with Crippen molar-refractivity contribution in [3.8, 4) is 0 Å². The van der Waals surface area contributed by atoms with E-state index in [4.69, 9.17) is 10.5 Å². The van der Waals surface area contributed by atoms with Crippen molar-refractivity contribution < 1.29 is 9.53 Å². The SMILES string of the molecule is CCc1nn(C)c(C(=O)N2CC3CCC(C2)O3)c1N. The molecule has 2 saturated heterocycles. The summed E-state index contributed by atoms with van der Waals surface area (Å²) in [6.45, 7) is 3.32. The van der Waals surface area contributed by atoms with Gasteiger partial charge < -0.3 is 15.4 Å². The van der Waals surface area contributed by atoms with Crippen LogP contribution in [0.5, 0.6) is 0 Å². The number of fused-ring (bicyclic) bond motifs is 2. The lowest BCUT2D eigenvalue weighted by molar-refractivity contribution is -0.0306. The lowest BCUT2D eigenvalue weighted by atomic mass is 10.2. The van der Waals surface area contributed by atoms with E-state index in [2.05, 4.69) is 5.10 Å². The second kappa shape index (κ2) is 4.52. The molecule has 1 aromatic rings. The number of carbonyl (C=O) groups excluding carboxylic acids is 1. The van der Waals surface area contributed by atoms with Crippen LogP contribution >= 0.6 is 0 Å². The molecule has 6 nitrogen and oxygen atoms in total. The highest BCUT2D eigenvalue weighted by atomic mass is 16.5. The average molecular weight is 264 g/mol. The second-order valence-electron chi connectivity index (χ2n) is 5.35. The maximum atomic E-state index is 12.6. The van der Waals surface area contributed by atoms with Crippen molar-refractivity contribution in [1.82, 2.24) is 14.7 Å². The Hall–Kier alpha value is -1.56. The summed E-state index contributed by atoms with van der Waals surface area (Å²) in [5, 5.41) is 4.31. The fourth-order valence-electron chi connectivity index (χ4n) is 3.04. The molecule has 2 N–H and O–H groups in total. The quantitative estimate of drug-likeness (QED) is 0.847. The molecule has 2 atom stereocenters. The predicted molar refractivity (Wildman–Crippen MR) is 70.8 cm³/mol. The van der Waals surface area contributed by atoms with E-state index < -0.39 is 0 Å². The molecule has 0 spiro atoms. The van der Waals surface area contributed by atoms with E-state index in [1.807, 2.05) is 11.8 Å². The first-order valence-electron chi connectivity index (χ1n) is 6.86. The molecule has 104 valence electrons. The molecule has 2 fully saturated rings. The molecule has 0 aromatic carbocycles. The van der Waals surface area contributed by atoms with Gasteiger partial charge in [0.2, 0.25) is 0 Å². The van der Waals surface area contributed by atoms with E-state index in [1.165, 1.54) is 0 Å². The van der Waals surface area contributed by atoms with Gasteiger partial charge in [-0.25, -0.2) is 0 Å². The van der Waals surface area contributed by atoms with Gasteiger partial charge in [-0.15, -0.1) is 0 Å². The summed E-state index contributed by atoms with van der Waals surface area (Å²) in [6.07, 6.45) is 3.23. The van der Waals surface area contributed by atoms with Crippen LogP contribution in [0.3, 0.4) is 0 Å². The van der Waals surface area contributed by atoms with Crippen molar-refractivity contribution in [2.75, 3.05) is 18.8 Å². The molecule has 2 aliphatic heterocycles. The predicted octanol–water partition coefficient (Wildman–Crippen LogP) is 0.568. The van der Waals surface area contributed by atoms with Crippen molar-refractivity contribution in [1.29, 1.82) is 0 Å². The fourth-order valence-corrected chi connectivity index (χ4v) is 3.04. The van der Waals surface area contributed by atoms with E-state index >= 15 is 0 Å². The van der Waals surface area contributed by atoms with Gasteiger partial charge in [0.1, 0.15) is 5.69 Å². The number of nitrogens with two attached hydrogens (primary N) is 1. The van der Waals surface area contributed by atoms with Crippen LogP contribution in [0.4, 0.5) is 5.69 Å². The zero-order valence-corrected chi connectivity index (χ0v) is 11.4. The van der Waals surface area contributed by atoms with Gasteiger partial charge in [-0.05, 0) is 19.3 Å². The van der Waals surface area contributed by atoms with Crippen LogP contribution in [0, 0.1) is 0 Å². The summed E-state index contributed by atoms with van der Waals surface area (Å²) in [5.41, 5.74) is 7.87. The highest BCUT2D eigenvalue weighted by Crippen LogP contribution is 2.28. The molecule has 2 unspecified atom stereocenters. The number of rotatable bonds is 2. The number of aromatic nitrogens is 2. The van der Waals surface area contributed by atoms with E-state index in [0.717, 1.165) is 25.0 Å². The van der Waals surface area contributed by atoms with E-state index in [1.54, 1.807) is 11.7 Å². The van der Waals surface area contributed by atoms with Crippen LogP contribution in [-0.4, -0.2) is 45.9 Å². The van der Waals surface area contributed by atoms with Crippen LogP contribution in [0.1, 0.15) is 35.9 Å². The summed E-state index contributed by atoms with van der Waals surface area (Å²) in [6, 6.07) is 0. The Balaban J connectivity index is 1.86. The molecule has 1 amide bonds. The summed E-state index contributed by atoms with van der Waals surface area (Å²) in [5.74, 6) is -0.0209. The van der Waals surface area contributed by atoms with Gasteiger partial charge in [0, 0.05) is 20.1 Å². The lowest BCUT2D eigenvalue weighted by Crippen LogP contribution is -2.46. The monoisotopic (exact) mass is 264 g/mol.